The van der Waals surface area contributed by atoms with Gasteiger partial charge in [-0.1, -0.05) is 36.7 Å². The quantitative estimate of drug-likeness (QED) is 0.774. The zero-order chi connectivity index (χ0) is 15.1. The molecule has 20 heavy (non-hydrogen) atoms. The van der Waals surface area contributed by atoms with E-state index in [-0.39, 0.29) is 16.6 Å². The first-order valence-corrected chi connectivity index (χ1v) is 7.68. The summed E-state index contributed by atoms with van der Waals surface area (Å²) in [6.07, 6.45) is 1.23. The summed E-state index contributed by atoms with van der Waals surface area (Å²) < 4.78 is 0. The van der Waals surface area contributed by atoms with Gasteiger partial charge in [-0.05, 0) is 36.6 Å². The molecule has 1 aromatic carbocycles. The lowest BCUT2D eigenvalue weighted by atomic mass is 10.1. The average molecular weight is 341 g/mol. The van der Waals surface area contributed by atoms with Crippen LogP contribution in [-0.4, -0.2) is 16.6 Å². The number of carbonyl (C=O) groups excluding carboxylic acids is 2. The average Bonchev–Trinajstić information content (AvgIpc) is 2.39. The highest BCUT2D eigenvalue weighted by Crippen LogP contribution is 2.16. The molecule has 5 heteroatoms. The molecule has 0 aliphatic rings. The molecule has 0 radical (unpaired) electrons. The Morgan fingerprint density at radius 3 is 2.05 bits per heavy atom. The van der Waals surface area contributed by atoms with Crippen molar-refractivity contribution in [3.8, 4) is 0 Å². The number of benzene rings is 1. The van der Waals surface area contributed by atoms with Crippen molar-refractivity contribution in [1.82, 2.24) is 0 Å². The van der Waals surface area contributed by atoms with Crippen LogP contribution in [-0.2, 0) is 9.59 Å². The molecule has 0 aliphatic carbocycles. The van der Waals surface area contributed by atoms with E-state index < -0.39 is 0 Å². The molecule has 1 rings (SSSR count). The second-order valence-corrected chi connectivity index (χ2v) is 6.19. The molecule has 0 fully saturated rings. The van der Waals surface area contributed by atoms with Gasteiger partial charge in [-0.15, -0.1) is 0 Å². The summed E-state index contributed by atoms with van der Waals surface area (Å²) in [5, 5.41) is 5.63. The first-order valence-electron chi connectivity index (χ1n) is 6.77. The highest BCUT2D eigenvalue weighted by atomic mass is 79.9. The topological polar surface area (TPSA) is 58.2 Å². The van der Waals surface area contributed by atoms with Gasteiger partial charge >= 0.3 is 0 Å². The van der Waals surface area contributed by atoms with Gasteiger partial charge in [0, 0.05) is 17.8 Å². The minimum atomic E-state index is -0.187. The zero-order valence-electron chi connectivity index (χ0n) is 12.1. The van der Waals surface area contributed by atoms with Crippen LogP contribution in [0.2, 0.25) is 0 Å². The number of halogens is 1. The maximum atomic E-state index is 11.7. The van der Waals surface area contributed by atoms with E-state index in [1.165, 1.54) is 0 Å². The normalized spacial score (nSPS) is 12.1. The molecule has 2 N–H and O–H groups in total. The van der Waals surface area contributed by atoms with Crippen LogP contribution < -0.4 is 10.6 Å². The Labute approximate surface area is 128 Å². The van der Waals surface area contributed by atoms with Crippen molar-refractivity contribution in [1.29, 1.82) is 0 Å². The van der Waals surface area contributed by atoms with Crippen LogP contribution in [0.15, 0.2) is 24.3 Å². The van der Waals surface area contributed by atoms with E-state index in [1.807, 2.05) is 20.8 Å². The lowest BCUT2D eigenvalue weighted by Crippen LogP contribution is -2.21. The summed E-state index contributed by atoms with van der Waals surface area (Å²) in [5.74, 6) is 0.269. The Hall–Kier alpha value is -1.36. The van der Waals surface area contributed by atoms with Crippen LogP contribution in [0.5, 0.6) is 0 Å². The maximum absolute atomic E-state index is 11.7. The second-order valence-electron chi connectivity index (χ2n) is 5.09. The first kappa shape index (κ1) is 16.7. The third-order valence-corrected chi connectivity index (χ3v) is 3.74. The number of amides is 2. The lowest BCUT2D eigenvalue weighted by Gasteiger charge is -2.10. The van der Waals surface area contributed by atoms with E-state index >= 15 is 0 Å². The molecule has 1 aromatic rings. The number of nitrogens with one attached hydrogen (secondary N) is 2. The molecule has 0 aliphatic heterocycles. The van der Waals surface area contributed by atoms with Gasteiger partial charge in [-0.3, -0.25) is 9.59 Å². The van der Waals surface area contributed by atoms with Crippen LogP contribution in [0.1, 0.15) is 33.6 Å². The minimum absolute atomic E-state index is 0.00305. The number of carbonyl (C=O) groups is 2. The van der Waals surface area contributed by atoms with E-state index in [9.17, 15) is 9.59 Å². The second kappa shape index (κ2) is 8.04. The number of anilines is 2. The van der Waals surface area contributed by atoms with Crippen LogP contribution in [0, 0.1) is 5.92 Å². The Bertz CT molecular complexity index is 457. The van der Waals surface area contributed by atoms with Crippen molar-refractivity contribution < 1.29 is 9.59 Å². The van der Waals surface area contributed by atoms with Crippen molar-refractivity contribution in [2.45, 2.75) is 38.4 Å². The highest BCUT2D eigenvalue weighted by molar-refractivity contribution is 9.10. The zero-order valence-corrected chi connectivity index (χ0v) is 13.7. The summed E-state index contributed by atoms with van der Waals surface area (Å²) in [6.45, 7) is 5.94. The summed E-state index contributed by atoms with van der Waals surface area (Å²) in [7, 11) is 0. The van der Waals surface area contributed by atoms with Gasteiger partial charge in [-0.2, -0.15) is 0 Å². The monoisotopic (exact) mass is 340 g/mol. The fourth-order valence-corrected chi connectivity index (χ4v) is 1.74. The lowest BCUT2D eigenvalue weighted by molar-refractivity contribution is -0.117. The largest absolute Gasteiger partial charge is 0.326 e. The highest BCUT2D eigenvalue weighted by Gasteiger charge is 2.12. The van der Waals surface area contributed by atoms with Gasteiger partial charge < -0.3 is 10.6 Å². The predicted molar refractivity (Wildman–Crippen MR) is 86.2 cm³/mol. The molecule has 0 bridgehead atoms. The predicted octanol–water partition coefficient (Wildman–Crippen LogP) is 3.78. The molecular weight excluding hydrogens is 320 g/mol. The van der Waals surface area contributed by atoms with Crippen LogP contribution in [0.25, 0.3) is 0 Å². The Morgan fingerprint density at radius 2 is 1.60 bits per heavy atom. The van der Waals surface area contributed by atoms with Crippen molar-refractivity contribution in [3.63, 3.8) is 0 Å². The SMILES string of the molecule is CCC(Br)C(=O)Nc1ccc(NC(=O)CC(C)C)cc1. The molecule has 0 heterocycles. The van der Waals surface area contributed by atoms with Crippen LogP contribution >= 0.6 is 15.9 Å². The summed E-state index contributed by atoms with van der Waals surface area (Å²) in [6, 6.07) is 7.11. The number of hydrogen-bond acceptors (Lipinski definition) is 2. The fourth-order valence-electron chi connectivity index (χ4n) is 1.63. The van der Waals surface area contributed by atoms with E-state index in [4.69, 9.17) is 0 Å². The summed E-state index contributed by atoms with van der Waals surface area (Å²) >= 11 is 3.30. The van der Waals surface area contributed by atoms with Crippen molar-refractivity contribution in [2.75, 3.05) is 10.6 Å². The van der Waals surface area contributed by atoms with Gasteiger partial charge in [-0.25, -0.2) is 0 Å². The Balaban J connectivity index is 2.56. The van der Waals surface area contributed by atoms with Crippen molar-refractivity contribution >= 4 is 39.1 Å². The summed E-state index contributed by atoms with van der Waals surface area (Å²) in [5.41, 5.74) is 1.45. The van der Waals surface area contributed by atoms with Gasteiger partial charge in [0.1, 0.15) is 0 Å². The molecule has 2 amide bonds. The van der Waals surface area contributed by atoms with Gasteiger partial charge in [0.25, 0.3) is 0 Å². The standard InChI is InChI=1S/C15H21BrN2O2/c1-4-13(16)15(20)18-12-7-5-11(6-8-12)17-14(19)9-10(2)3/h5-8,10,13H,4,9H2,1-3H3,(H,17,19)(H,18,20). The molecule has 0 spiro atoms. The van der Waals surface area contributed by atoms with E-state index in [0.29, 0.717) is 12.3 Å². The van der Waals surface area contributed by atoms with Gasteiger partial charge in [0.05, 0.1) is 4.83 Å². The molecule has 1 atom stereocenters. The number of alkyl halides is 1. The molecule has 110 valence electrons. The smallest absolute Gasteiger partial charge is 0.238 e. The van der Waals surface area contributed by atoms with E-state index in [1.54, 1.807) is 24.3 Å². The van der Waals surface area contributed by atoms with Crippen LogP contribution in [0.4, 0.5) is 11.4 Å². The molecule has 1 unspecified atom stereocenters. The minimum Gasteiger partial charge on any atom is -0.326 e. The van der Waals surface area contributed by atoms with E-state index in [2.05, 4.69) is 26.6 Å². The van der Waals surface area contributed by atoms with Crippen LogP contribution in [0.3, 0.4) is 0 Å². The number of hydrogen-bond donors (Lipinski definition) is 2. The molecule has 0 aromatic heterocycles. The molecule has 0 saturated carbocycles. The third-order valence-electron chi connectivity index (χ3n) is 2.67. The molecule has 0 saturated heterocycles. The Kier molecular flexibility index (Phi) is 6.71. The van der Waals surface area contributed by atoms with Crippen molar-refractivity contribution in [3.05, 3.63) is 24.3 Å². The Morgan fingerprint density at radius 1 is 1.10 bits per heavy atom. The molecule has 4 nitrogen and oxygen atoms in total. The third kappa shape index (κ3) is 5.74. The number of rotatable bonds is 6. The summed E-state index contributed by atoms with van der Waals surface area (Å²) in [4.78, 5) is 23.1. The fraction of sp³-hybridized carbons (Fsp3) is 0.467. The first-order chi connectivity index (χ1) is 9.42. The molecular formula is C15H21BrN2O2. The maximum Gasteiger partial charge on any atom is 0.238 e. The van der Waals surface area contributed by atoms with Gasteiger partial charge in [0.2, 0.25) is 11.8 Å². The van der Waals surface area contributed by atoms with Crippen molar-refractivity contribution in [2.24, 2.45) is 5.92 Å². The van der Waals surface area contributed by atoms with E-state index in [0.717, 1.165) is 17.8 Å². The van der Waals surface area contributed by atoms with Gasteiger partial charge in [0.15, 0.2) is 0 Å².